The van der Waals surface area contributed by atoms with E-state index in [-0.39, 0.29) is 28.9 Å². The first-order valence-electron chi connectivity index (χ1n) is 8.00. The highest BCUT2D eigenvalue weighted by Crippen LogP contribution is 2.33. The molecular weight excluding hydrogens is 371 g/mol. The van der Waals surface area contributed by atoms with Crippen LogP contribution in [0.1, 0.15) is 32.1 Å². The minimum atomic E-state index is -3.57. The molecule has 2 rings (SSSR count). The number of halogens is 2. The Morgan fingerprint density at radius 2 is 1.79 bits per heavy atom. The molecule has 0 bridgehead atoms. The van der Waals surface area contributed by atoms with E-state index in [1.165, 1.54) is 0 Å². The Kier molecular flexibility index (Phi) is 6.78. The molecule has 0 radical (unpaired) electrons. The quantitative estimate of drug-likeness (QED) is 0.769. The van der Waals surface area contributed by atoms with E-state index >= 15 is 0 Å². The molecule has 0 aliphatic carbocycles. The molecule has 1 heterocycles. The molecule has 0 aromatic heterocycles. The van der Waals surface area contributed by atoms with Crippen molar-refractivity contribution in [1.29, 1.82) is 0 Å². The van der Waals surface area contributed by atoms with E-state index in [9.17, 15) is 13.2 Å². The molecule has 134 valence electrons. The van der Waals surface area contributed by atoms with E-state index in [0.717, 1.165) is 49.3 Å². The summed E-state index contributed by atoms with van der Waals surface area (Å²) in [5, 5.41) is 0.452. The van der Waals surface area contributed by atoms with Crippen molar-refractivity contribution in [2.75, 3.05) is 30.2 Å². The molecule has 24 heavy (non-hydrogen) atoms. The van der Waals surface area contributed by atoms with Crippen LogP contribution in [0.15, 0.2) is 18.2 Å². The highest BCUT2D eigenvalue weighted by Gasteiger charge is 2.23. The fourth-order valence-corrected chi connectivity index (χ4v) is 4.21. The number of rotatable bonds is 5. The molecule has 0 saturated carbocycles. The van der Waals surface area contributed by atoms with Gasteiger partial charge in [-0.3, -0.25) is 9.10 Å². The van der Waals surface area contributed by atoms with Crippen LogP contribution in [-0.4, -0.2) is 45.1 Å². The molecule has 1 aromatic carbocycles. The van der Waals surface area contributed by atoms with E-state index in [4.69, 9.17) is 23.2 Å². The SMILES string of the molecule is CS(=O)(=O)N(CCC(=O)N1CCCCCC1)c1cccc(Cl)c1Cl. The summed E-state index contributed by atoms with van der Waals surface area (Å²) in [6.45, 7) is 1.54. The second-order valence-corrected chi connectivity index (χ2v) is 8.65. The monoisotopic (exact) mass is 392 g/mol. The van der Waals surface area contributed by atoms with Crippen molar-refractivity contribution >= 4 is 44.8 Å². The molecule has 1 aliphatic heterocycles. The standard InChI is InChI=1S/C16H22Cl2N2O3S/c1-24(22,23)20(14-8-6-7-13(17)16(14)18)12-9-15(21)19-10-4-2-3-5-11-19/h6-8H,2-5,9-12H2,1H3. The lowest BCUT2D eigenvalue weighted by Gasteiger charge is -2.26. The van der Waals surface area contributed by atoms with Crippen LogP contribution < -0.4 is 4.31 Å². The zero-order valence-corrected chi connectivity index (χ0v) is 16.0. The molecule has 1 aromatic rings. The van der Waals surface area contributed by atoms with Crippen LogP contribution in [0.4, 0.5) is 5.69 Å². The van der Waals surface area contributed by atoms with Crippen LogP contribution in [0.2, 0.25) is 10.0 Å². The van der Waals surface area contributed by atoms with E-state index in [1.54, 1.807) is 18.2 Å². The molecule has 0 spiro atoms. The van der Waals surface area contributed by atoms with Crippen LogP contribution in [0.25, 0.3) is 0 Å². The lowest BCUT2D eigenvalue weighted by atomic mass is 10.2. The lowest BCUT2D eigenvalue weighted by molar-refractivity contribution is -0.130. The number of anilines is 1. The Hall–Kier alpha value is -0.980. The number of amides is 1. The second-order valence-electron chi connectivity index (χ2n) is 5.95. The van der Waals surface area contributed by atoms with Gasteiger partial charge in [0, 0.05) is 26.1 Å². The third-order valence-electron chi connectivity index (χ3n) is 4.09. The number of hydrogen-bond donors (Lipinski definition) is 0. The van der Waals surface area contributed by atoms with Crippen molar-refractivity contribution in [1.82, 2.24) is 4.90 Å². The summed E-state index contributed by atoms with van der Waals surface area (Å²) >= 11 is 12.1. The average Bonchev–Trinajstić information content (AvgIpc) is 2.79. The maximum Gasteiger partial charge on any atom is 0.232 e. The minimum Gasteiger partial charge on any atom is -0.343 e. The van der Waals surface area contributed by atoms with Gasteiger partial charge in [0.25, 0.3) is 0 Å². The Balaban J connectivity index is 2.13. The van der Waals surface area contributed by atoms with Crippen molar-refractivity contribution in [3.8, 4) is 0 Å². The summed E-state index contributed by atoms with van der Waals surface area (Å²) in [6.07, 6.45) is 5.49. The van der Waals surface area contributed by atoms with Crippen LogP contribution >= 0.6 is 23.2 Å². The Labute approximate surface area is 153 Å². The van der Waals surface area contributed by atoms with Gasteiger partial charge in [0.05, 0.1) is 22.0 Å². The second kappa shape index (κ2) is 8.41. The number of hydrogen-bond acceptors (Lipinski definition) is 3. The summed E-state index contributed by atoms with van der Waals surface area (Å²) < 4.78 is 25.4. The predicted molar refractivity (Wildman–Crippen MR) is 98.3 cm³/mol. The third kappa shape index (κ3) is 5.01. The van der Waals surface area contributed by atoms with Gasteiger partial charge in [-0.15, -0.1) is 0 Å². The molecule has 5 nitrogen and oxygen atoms in total. The number of carbonyl (C=O) groups is 1. The number of carbonyl (C=O) groups excluding carboxylic acids is 1. The molecule has 1 saturated heterocycles. The van der Waals surface area contributed by atoms with Gasteiger partial charge in [0.15, 0.2) is 0 Å². The van der Waals surface area contributed by atoms with E-state index in [0.29, 0.717) is 5.69 Å². The van der Waals surface area contributed by atoms with Gasteiger partial charge in [-0.2, -0.15) is 0 Å². The Bertz CT molecular complexity index is 687. The van der Waals surface area contributed by atoms with Crippen molar-refractivity contribution in [3.63, 3.8) is 0 Å². The minimum absolute atomic E-state index is 0.0244. The highest BCUT2D eigenvalue weighted by molar-refractivity contribution is 7.92. The van der Waals surface area contributed by atoms with Gasteiger partial charge in [0.2, 0.25) is 15.9 Å². The molecule has 1 aliphatic rings. The average molecular weight is 393 g/mol. The molecular formula is C16H22Cl2N2O3S. The zero-order chi connectivity index (χ0) is 17.7. The fourth-order valence-electron chi connectivity index (χ4n) is 2.83. The van der Waals surface area contributed by atoms with Gasteiger partial charge in [-0.05, 0) is 25.0 Å². The maximum atomic E-state index is 12.4. The summed E-state index contributed by atoms with van der Waals surface area (Å²) in [6, 6.07) is 4.82. The van der Waals surface area contributed by atoms with Crippen molar-refractivity contribution in [2.45, 2.75) is 32.1 Å². The van der Waals surface area contributed by atoms with Gasteiger partial charge >= 0.3 is 0 Å². The molecule has 0 unspecified atom stereocenters. The normalized spacial score (nSPS) is 15.9. The number of benzene rings is 1. The van der Waals surface area contributed by atoms with Crippen LogP contribution in [0.5, 0.6) is 0 Å². The van der Waals surface area contributed by atoms with Gasteiger partial charge in [-0.25, -0.2) is 8.42 Å². The Morgan fingerprint density at radius 1 is 1.17 bits per heavy atom. The first-order valence-corrected chi connectivity index (χ1v) is 10.6. The smallest absolute Gasteiger partial charge is 0.232 e. The Morgan fingerprint density at radius 3 is 2.38 bits per heavy atom. The third-order valence-corrected chi connectivity index (χ3v) is 6.08. The molecule has 1 amide bonds. The van der Waals surface area contributed by atoms with Gasteiger partial charge in [0.1, 0.15) is 0 Å². The van der Waals surface area contributed by atoms with E-state index in [1.807, 2.05) is 4.90 Å². The number of nitrogens with zero attached hydrogens (tertiary/aromatic N) is 2. The fraction of sp³-hybridized carbons (Fsp3) is 0.562. The van der Waals surface area contributed by atoms with Crippen LogP contribution in [-0.2, 0) is 14.8 Å². The number of likely N-dealkylation sites (tertiary alicyclic amines) is 1. The van der Waals surface area contributed by atoms with E-state index in [2.05, 4.69) is 0 Å². The summed E-state index contributed by atoms with van der Waals surface area (Å²) in [4.78, 5) is 14.2. The van der Waals surface area contributed by atoms with Crippen molar-refractivity contribution in [3.05, 3.63) is 28.2 Å². The van der Waals surface area contributed by atoms with Gasteiger partial charge in [-0.1, -0.05) is 42.1 Å². The summed E-state index contributed by atoms with van der Waals surface area (Å²) in [5.41, 5.74) is 0.301. The molecule has 0 atom stereocenters. The zero-order valence-electron chi connectivity index (χ0n) is 13.7. The first kappa shape index (κ1) is 19.3. The largest absolute Gasteiger partial charge is 0.343 e. The van der Waals surface area contributed by atoms with Crippen LogP contribution in [0, 0.1) is 0 Å². The predicted octanol–water partition coefficient (Wildman–Crippen LogP) is 3.55. The summed E-state index contributed by atoms with van der Waals surface area (Å²) in [5.74, 6) is -0.0244. The molecule has 0 N–H and O–H groups in total. The van der Waals surface area contributed by atoms with Gasteiger partial charge < -0.3 is 4.90 Å². The summed E-state index contributed by atoms with van der Waals surface area (Å²) in [7, 11) is -3.57. The lowest BCUT2D eigenvalue weighted by Crippen LogP contribution is -2.37. The maximum absolute atomic E-state index is 12.4. The van der Waals surface area contributed by atoms with Crippen molar-refractivity contribution in [2.24, 2.45) is 0 Å². The van der Waals surface area contributed by atoms with E-state index < -0.39 is 10.0 Å². The number of sulfonamides is 1. The highest BCUT2D eigenvalue weighted by atomic mass is 35.5. The van der Waals surface area contributed by atoms with Crippen molar-refractivity contribution < 1.29 is 13.2 Å². The molecule has 8 heteroatoms. The first-order chi connectivity index (χ1) is 11.3. The van der Waals surface area contributed by atoms with Crippen LogP contribution in [0.3, 0.4) is 0 Å². The topological polar surface area (TPSA) is 57.7 Å². The molecule has 1 fully saturated rings.